The molecule has 0 atom stereocenters. The van der Waals surface area contributed by atoms with Crippen molar-refractivity contribution in [2.75, 3.05) is 24.9 Å². The smallest absolute Gasteiger partial charge is 0.337 e. The molecule has 0 unspecified atom stereocenters. The van der Waals surface area contributed by atoms with E-state index in [0.29, 0.717) is 29.2 Å². The molecule has 0 saturated carbocycles. The molecular formula is C22H21N3O4. The number of aromatic nitrogens is 1. The molecule has 0 fully saturated rings. The summed E-state index contributed by atoms with van der Waals surface area (Å²) < 4.78 is 10.0. The van der Waals surface area contributed by atoms with Crippen molar-refractivity contribution in [3.63, 3.8) is 0 Å². The number of methoxy groups -OCH3 is 2. The van der Waals surface area contributed by atoms with Crippen LogP contribution in [0.15, 0.2) is 66.9 Å². The third-order valence-corrected chi connectivity index (χ3v) is 4.22. The summed E-state index contributed by atoms with van der Waals surface area (Å²) >= 11 is 0. The summed E-state index contributed by atoms with van der Waals surface area (Å²) in [6.45, 7) is 0.503. The number of amides is 1. The standard InChI is InChI=1S/C22H21N3O4/c1-28-19-9-4-3-6-17(19)14-24-20-13-15(10-11-23-20)21(26)25-18-8-5-7-16(12-18)22(27)29-2/h3-13H,14H2,1-2H3,(H,23,24)(H,25,26). The Kier molecular flexibility index (Phi) is 6.42. The quantitative estimate of drug-likeness (QED) is 0.597. The number of carbonyl (C=O) groups excluding carboxylic acids is 2. The zero-order chi connectivity index (χ0) is 20.6. The van der Waals surface area contributed by atoms with Gasteiger partial charge in [-0.1, -0.05) is 24.3 Å². The maximum absolute atomic E-state index is 12.6. The number of ether oxygens (including phenoxy) is 2. The Morgan fingerprint density at radius 1 is 0.966 bits per heavy atom. The molecule has 3 aromatic rings. The minimum atomic E-state index is -0.465. The number of pyridine rings is 1. The lowest BCUT2D eigenvalue weighted by atomic mass is 10.2. The Hall–Kier alpha value is -3.87. The average molecular weight is 391 g/mol. The van der Waals surface area contributed by atoms with E-state index in [-0.39, 0.29) is 5.91 Å². The first-order valence-electron chi connectivity index (χ1n) is 8.92. The van der Waals surface area contributed by atoms with Gasteiger partial charge in [0.25, 0.3) is 5.91 Å². The molecule has 7 nitrogen and oxygen atoms in total. The topological polar surface area (TPSA) is 89.5 Å². The van der Waals surface area contributed by atoms with Crippen molar-refractivity contribution in [1.82, 2.24) is 4.98 Å². The Balaban J connectivity index is 1.69. The Morgan fingerprint density at radius 2 is 1.79 bits per heavy atom. The number of anilines is 2. The fraction of sp³-hybridized carbons (Fsp3) is 0.136. The van der Waals surface area contributed by atoms with Gasteiger partial charge in [0, 0.05) is 29.6 Å². The van der Waals surface area contributed by atoms with Crippen molar-refractivity contribution >= 4 is 23.4 Å². The predicted molar refractivity (Wildman–Crippen MR) is 110 cm³/mol. The zero-order valence-corrected chi connectivity index (χ0v) is 16.1. The first-order valence-corrected chi connectivity index (χ1v) is 8.92. The molecule has 0 saturated heterocycles. The minimum absolute atomic E-state index is 0.310. The van der Waals surface area contributed by atoms with Crippen LogP contribution in [-0.4, -0.2) is 31.1 Å². The van der Waals surface area contributed by atoms with Crippen LogP contribution >= 0.6 is 0 Å². The van der Waals surface area contributed by atoms with Gasteiger partial charge in [-0.15, -0.1) is 0 Å². The van der Waals surface area contributed by atoms with Gasteiger partial charge in [-0.3, -0.25) is 4.79 Å². The number of nitrogens with zero attached hydrogens (tertiary/aromatic N) is 1. The lowest BCUT2D eigenvalue weighted by molar-refractivity contribution is 0.0600. The van der Waals surface area contributed by atoms with Crippen molar-refractivity contribution in [2.45, 2.75) is 6.54 Å². The second kappa shape index (κ2) is 9.36. The van der Waals surface area contributed by atoms with E-state index in [2.05, 4.69) is 15.6 Å². The van der Waals surface area contributed by atoms with Crippen molar-refractivity contribution in [3.05, 3.63) is 83.6 Å². The highest BCUT2D eigenvalue weighted by Crippen LogP contribution is 2.19. The van der Waals surface area contributed by atoms with Gasteiger partial charge in [0.1, 0.15) is 11.6 Å². The van der Waals surface area contributed by atoms with Crippen LogP contribution in [0.2, 0.25) is 0 Å². The first-order chi connectivity index (χ1) is 14.1. The van der Waals surface area contributed by atoms with E-state index in [4.69, 9.17) is 9.47 Å². The van der Waals surface area contributed by atoms with Gasteiger partial charge in [0.05, 0.1) is 19.8 Å². The molecule has 0 aliphatic rings. The number of esters is 1. The summed E-state index contributed by atoms with van der Waals surface area (Å²) in [7, 11) is 2.93. The van der Waals surface area contributed by atoms with E-state index in [0.717, 1.165) is 11.3 Å². The number of rotatable bonds is 7. The molecule has 148 valence electrons. The molecule has 1 heterocycles. The third-order valence-electron chi connectivity index (χ3n) is 4.22. The van der Waals surface area contributed by atoms with Gasteiger partial charge >= 0.3 is 5.97 Å². The number of hydrogen-bond donors (Lipinski definition) is 2. The fourth-order valence-electron chi connectivity index (χ4n) is 2.75. The van der Waals surface area contributed by atoms with Gasteiger partial charge < -0.3 is 20.1 Å². The Bertz CT molecular complexity index is 1020. The Labute approximate surface area is 168 Å². The zero-order valence-electron chi connectivity index (χ0n) is 16.1. The second-order valence-corrected chi connectivity index (χ2v) is 6.12. The molecule has 0 aliphatic heterocycles. The molecule has 7 heteroatoms. The van der Waals surface area contributed by atoms with Gasteiger partial charge in [0.2, 0.25) is 0 Å². The Morgan fingerprint density at radius 3 is 2.59 bits per heavy atom. The van der Waals surface area contributed by atoms with Crippen LogP contribution in [0, 0.1) is 0 Å². The van der Waals surface area contributed by atoms with Crippen LogP contribution in [0.25, 0.3) is 0 Å². The van der Waals surface area contributed by atoms with Crippen molar-refractivity contribution in [1.29, 1.82) is 0 Å². The monoisotopic (exact) mass is 391 g/mol. The van der Waals surface area contributed by atoms with E-state index >= 15 is 0 Å². The minimum Gasteiger partial charge on any atom is -0.496 e. The molecule has 0 bridgehead atoms. The molecule has 29 heavy (non-hydrogen) atoms. The molecule has 2 N–H and O–H groups in total. The largest absolute Gasteiger partial charge is 0.496 e. The van der Waals surface area contributed by atoms with E-state index in [1.807, 2.05) is 24.3 Å². The first kappa shape index (κ1) is 19.9. The molecule has 0 spiro atoms. The molecule has 2 aromatic carbocycles. The SMILES string of the molecule is COC(=O)c1cccc(NC(=O)c2ccnc(NCc3ccccc3OC)c2)c1. The number of nitrogens with one attached hydrogen (secondary N) is 2. The van der Waals surface area contributed by atoms with Crippen LogP contribution in [0.5, 0.6) is 5.75 Å². The van der Waals surface area contributed by atoms with E-state index in [1.165, 1.54) is 7.11 Å². The highest BCUT2D eigenvalue weighted by Gasteiger charge is 2.11. The summed E-state index contributed by atoms with van der Waals surface area (Å²) in [4.78, 5) is 28.5. The van der Waals surface area contributed by atoms with E-state index in [1.54, 1.807) is 49.7 Å². The van der Waals surface area contributed by atoms with Gasteiger partial charge in [0.15, 0.2) is 0 Å². The summed E-state index contributed by atoms with van der Waals surface area (Å²) in [6, 6.07) is 17.5. The molecule has 3 rings (SSSR count). The molecule has 0 radical (unpaired) electrons. The van der Waals surface area contributed by atoms with Gasteiger partial charge in [-0.25, -0.2) is 9.78 Å². The van der Waals surface area contributed by atoms with Gasteiger partial charge in [-0.05, 0) is 36.4 Å². The normalized spacial score (nSPS) is 10.1. The highest BCUT2D eigenvalue weighted by atomic mass is 16.5. The molecule has 0 aliphatic carbocycles. The molecule has 1 amide bonds. The molecular weight excluding hydrogens is 370 g/mol. The van der Waals surface area contributed by atoms with Gasteiger partial charge in [-0.2, -0.15) is 0 Å². The third kappa shape index (κ3) is 5.10. The number of carbonyl (C=O) groups is 2. The number of benzene rings is 2. The maximum atomic E-state index is 12.6. The second-order valence-electron chi connectivity index (χ2n) is 6.12. The van der Waals surface area contributed by atoms with Crippen molar-refractivity contribution in [2.24, 2.45) is 0 Å². The number of hydrogen-bond acceptors (Lipinski definition) is 6. The van der Waals surface area contributed by atoms with Crippen molar-refractivity contribution < 1.29 is 19.1 Å². The summed E-state index contributed by atoms with van der Waals surface area (Å²) in [6.07, 6.45) is 1.56. The predicted octanol–water partition coefficient (Wildman–Crippen LogP) is 3.74. The van der Waals surface area contributed by atoms with Crippen LogP contribution in [0.1, 0.15) is 26.3 Å². The van der Waals surface area contributed by atoms with E-state index < -0.39 is 5.97 Å². The number of para-hydroxylation sites is 1. The van der Waals surface area contributed by atoms with Crippen LogP contribution in [0.3, 0.4) is 0 Å². The summed E-state index contributed by atoms with van der Waals surface area (Å²) in [5, 5.41) is 5.97. The highest BCUT2D eigenvalue weighted by molar-refractivity contribution is 6.05. The lowest BCUT2D eigenvalue weighted by Crippen LogP contribution is -2.13. The summed E-state index contributed by atoms with van der Waals surface area (Å²) in [5.41, 5.74) is 2.27. The van der Waals surface area contributed by atoms with Crippen LogP contribution in [-0.2, 0) is 11.3 Å². The fourth-order valence-corrected chi connectivity index (χ4v) is 2.75. The summed E-state index contributed by atoms with van der Waals surface area (Å²) in [5.74, 6) is 0.564. The van der Waals surface area contributed by atoms with Crippen molar-refractivity contribution in [3.8, 4) is 5.75 Å². The average Bonchev–Trinajstić information content (AvgIpc) is 2.77. The maximum Gasteiger partial charge on any atom is 0.337 e. The molecule has 1 aromatic heterocycles. The van der Waals surface area contributed by atoms with Crippen LogP contribution < -0.4 is 15.4 Å². The van der Waals surface area contributed by atoms with E-state index in [9.17, 15) is 9.59 Å². The van der Waals surface area contributed by atoms with Crippen LogP contribution in [0.4, 0.5) is 11.5 Å². The lowest BCUT2D eigenvalue weighted by Gasteiger charge is -2.11.